The van der Waals surface area contributed by atoms with E-state index >= 15 is 0 Å². The molecule has 0 aliphatic rings. The number of nitro benzene ring substituents is 1. The summed E-state index contributed by atoms with van der Waals surface area (Å²) in [6.07, 6.45) is 0.663. The summed E-state index contributed by atoms with van der Waals surface area (Å²) in [6.45, 7) is 2.12. The van der Waals surface area contributed by atoms with Crippen LogP contribution in [0.1, 0.15) is 18.4 Å². The van der Waals surface area contributed by atoms with Gasteiger partial charge in [0, 0.05) is 31.6 Å². The van der Waals surface area contributed by atoms with Gasteiger partial charge in [0.05, 0.1) is 19.5 Å². The van der Waals surface area contributed by atoms with Crippen LogP contribution in [0.25, 0.3) is 0 Å². The monoisotopic (exact) mass is 543 g/mol. The molecule has 2 N–H and O–H groups in total. The number of benzene rings is 2. The van der Waals surface area contributed by atoms with Crippen LogP contribution in [0.2, 0.25) is 0 Å². The first-order valence-corrected chi connectivity index (χ1v) is 13.3. The standard InChI is InChI=1S/C20H22BrN3O6S2/c1-16-5-9-19(10-6-16)32(29,30)23-15-13-17(21)4-2-3-14-22-31(27,28)20-11-7-18(8-12-20)24(25)26/h5-12,17,22-23H,3,13-15H2,1H3. The number of alkyl halides is 1. The van der Waals surface area contributed by atoms with Crippen molar-refractivity contribution in [2.24, 2.45) is 0 Å². The minimum atomic E-state index is -3.79. The van der Waals surface area contributed by atoms with Crippen LogP contribution < -0.4 is 9.44 Å². The van der Waals surface area contributed by atoms with Gasteiger partial charge in [0.2, 0.25) is 20.0 Å². The van der Waals surface area contributed by atoms with Gasteiger partial charge in [0.25, 0.3) is 5.69 Å². The summed E-state index contributed by atoms with van der Waals surface area (Å²) in [4.78, 5) is 9.88. The maximum absolute atomic E-state index is 12.2. The van der Waals surface area contributed by atoms with Crippen LogP contribution in [-0.2, 0) is 20.0 Å². The lowest BCUT2D eigenvalue weighted by Gasteiger charge is -2.08. The van der Waals surface area contributed by atoms with Gasteiger partial charge in [-0.15, -0.1) is 5.92 Å². The molecule has 0 saturated heterocycles. The van der Waals surface area contributed by atoms with Crippen molar-refractivity contribution in [1.82, 2.24) is 9.44 Å². The molecular weight excluding hydrogens is 522 g/mol. The first-order valence-electron chi connectivity index (χ1n) is 9.44. The highest BCUT2D eigenvalue weighted by Crippen LogP contribution is 2.15. The predicted octanol–water partition coefficient (Wildman–Crippen LogP) is 2.71. The van der Waals surface area contributed by atoms with Gasteiger partial charge in [-0.2, -0.15) is 0 Å². The molecule has 12 heteroatoms. The third kappa shape index (κ3) is 7.99. The molecular formula is C20H22BrN3O6S2. The molecule has 0 heterocycles. The zero-order chi connectivity index (χ0) is 23.8. The number of sulfonamides is 2. The van der Waals surface area contributed by atoms with Crippen molar-refractivity contribution >= 4 is 41.7 Å². The highest BCUT2D eigenvalue weighted by atomic mass is 79.9. The second kappa shape index (κ2) is 11.5. The van der Waals surface area contributed by atoms with Crippen LogP contribution in [-0.4, -0.2) is 39.7 Å². The van der Waals surface area contributed by atoms with Gasteiger partial charge < -0.3 is 0 Å². The van der Waals surface area contributed by atoms with E-state index in [0.29, 0.717) is 6.42 Å². The zero-order valence-corrected chi connectivity index (χ0v) is 20.3. The van der Waals surface area contributed by atoms with Gasteiger partial charge in [-0.1, -0.05) is 39.5 Å². The fourth-order valence-corrected chi connectivity index (χ4v) is 4.92. The number of hydrogen-bond donors (Lipinski definition) is 2. The number of rotatable bonds is 10. The Hall–Kier alpha value is -2.30. The molecule has 0 radical (unpaired) electrons. The lowest BCUT2D eigenvalue weighted by atomic mass is 10.2. The van der Waals surface area contributed by atoms with Crippen molar-refractivity contribution in [3.8, 4) is 11.8 Å². The molecule has 32 heavy (non-hydrogen) atoms. The molecule has 0 amide bonds. The molecule has 0 saturated carbocycles. The van der Waals surface area contributed by atoms with Crippen molar-refractivity contribution in [2.75, 3.05) is 13.1 Å². The molecule has 2 aromatic carbocycles. The molecule has 172 valence electrons. The predicted molar refractivity (Wildman–Crippen MR) is 124 cm³/mol. The van der Waals surface area contributed by atoms with Gasteiger partial charge in [-0.05, 0) is 37.6 Å². The summed E-state index contributed by atoms with van der Waals surface area (Å²) < 4.78 is 53.7. The Morgan fingerprint density at radius 2 is 1.44 bits per heavy atom. The summed E-state index contributed by atoms with van der Waals surface area (Å²) >= 11 is 3.36. The molecule has 1 unspecified atom stereocenters. The Labute approximate surface area is 196 Å². The molecule has 0 fully saturated rings. The molecule has 2 aromatic rings. The smallest absolute Gasteiger partial charge is 0.258 e. The Kier molecular flexibility index (Phi) is 9.35. The number of hydrogen-bond acceptors (Lipinski definition) is 6. The number of non-ortho nitro benzene ring substituents is 1. The highest BCUT2D eigenvalue weighted by molar-refractivity contribution is 9.09. The summed E-state index contributed by atoms with van der Waals surface area (Å²) in [5, 5.41) is 10.6. The van der Waals surface area contributed by atoms with Crippen LogP contribution in [0, 0.1) is 28.9 Å². The van der Waals surface area contributed by atoms with E-state index in [9.17, 15) is 26.9 Å². The third-order valence-electron chi connectivity index (χ3n) is 4.18. The van der Waals surface area contributed by atoms with Crippen LogP contribution in [0.3, 0.4) is 0 Å². The first-order chi connectivity index (χ1) is 15.0. The van der Waals surface area contributed by atoms with Crippen molar-refractivity contribution in [1.29, 1.82) is 0 Å². The van der Waals surface area contributed by atoms with E-state index in [4.69, 9.17) is 0 Å². The number of aryl methyl sites for hydroxylation is 1. The number of nitrogens with zero attached hydrogens (tertiary/aromatic N) is 1. The fraction of sp³-hybridized carbons (Fsp3) is 0.300. The summed E-state index contributed by atoms with van der Waals surface area (Å²) in [7, 11) is -7.38. The zero-order valence-electron chi connectivity index (χ0n) is 17.1. The Morgan fingerprint density at radius 1 is 0.938 bits per heavy atom. The second-order valence-corrected chi connectivity index (χ2v) is 11.3. The molecule has 0 bridgehead atoms. The van der Waals surface area contributed by atoms with Crippen LogP contribution in [0.15, 0.2) is 58.3 Å². The molecule has 9 nitrogen and oxygen atoms in total. The minimum absolute atomic E-state index is 0.0616. The normalized spacial score (nSPS) is 12.6. The van der Waals surface area contributed by atoms with E-state index in [1.807, 2.05) is 6.92 Å². The fourth-order valence-electron chi connectivity index (χ4n) is 2.45. The van der Waals surface area contributed by atoms with Crippen molar-refractivity contribution in [3.63, 3.8) is 0 Å². The van der Waals surface area contributed by atoms with Crippen LogP contribution in [0.5, 0.6) is 0 Å². The van der Waals surface area contributed by atoms with Gasteiger partial charge in [0.1, 0.15) is 0 Å². The maximum Gasteiger partial charge on any atom is 0.269 e. The molecule has 0 aromatic heterocycles. The van der Waals surface area contributed by atoms with Crippen molar-refractivity contribution in [2.45, 2.75) is 34.4 Å². The number of nitrogens with one attached hydrogen (secondary N) is 2. The Balaban J connectivity index is 1.76. The summed E-state index contributed by atoms with van der Waals surface area (Å²) in [5.74, 6) is 5.71. The van der Waals surface area contributed by atoms with Crippen LogP contribution in [0.4, 0.5) is 5.69 Å². The molecule has 1 atom stereocenters. The van der Waals surface area contributed by atoms with E-state index < -0.39 is 25.0 Å². The molecule has 0 aliphatic carbocycles. The van der Waals surface area contributed by atoms with E-state index in [-0.39, 0.29) is 39.8 Å². The Morgan fingerprint density at radius 3 is 1.97 bits per heavy atom. The highest BCUT2D eigenvalue weighted by Gasteiger charge is 2.15. The maximum atomic E-state index is 12.2. The first kappa shape index (κ1) is 26.0. The lowest BCUT2D eigenvalue weighted by molar-refractivity contribution is -0.384. The molecule has 2 rings (SSSR count). The number of nitro groups is 1. The van der Waals surface area contributed by atoms with E-state index in [2.05, 4.69) is 37.2 Å². The van der Waals surface area contributed by atoms with Gasteiger partial charge in [-0.25, -0.2) is 26.3 Å². The summed E-state index contributed by atoms with van der Waals surface area (Å²) in [5.41, 5.74) is 0.772. The van der Waals surface area contributed by atoms with Gasteiger partial charge in [0.15, 0.2) is 0 Å². The van der Waals surface area contributed by atoms with E-state index in [0.717, 1.165) is 29.8 Å². The van der Waals surface area contributed by atoms with Gasteiger partial charge >= 0.3 is 0 Å². The average Bonchev–Trinajstić information content (AvgIpc) is 2.73. The summed E-state index contributed by atoms with van der Waals surface area (Å²) in [6, 6.07) is 11.1. The number of halogens is 1. The Bertz CT molecular complexity index is 1200. The second-order valence-electron chi connectivity index (χ2n) is 6.69. The van der Waals surface area contributed by atoms with Crippen LogP contribution >= 0.6 is 15.9 Å². The largest absolute Gasteiger partial charge is 0.269 e. The van der Waals surface area contributed by atoms with Crippen molar-refractivity contribution < 1.29 is 21.8 Å². The third-order valence-corrected chi connectivity index (χ3v) is 7.82. The van der Waals surface area contributed by atoms with Crippen molar-refractivity contribution in [3.05, 3.63) is 64.2 Å². The lowest BCUT2D eigenvalue weighted by Crippen LogP contribution is -2.26. The molecule has 0 aliphatic heterocycles. The quantitative estimate of drug-likeness (QED) is 0.155. The SMILES string of the molecule is Cc1ccc(S(=O)(=O)NCCC(Br)C#CCCNS(=O)(=O)c2ccc([N+](=O)[O-])cc2)cc1. The average molecular weight is 544 g/mol. The minimum Gasteiger partial charge on any atom is -0.258 e. The van der Waals surface area contributed by atoms with E-state index in [1.54, 1.807) is 24.3 Å². The van der Waals surface area contributed by atoms with E-state index in [1.165, 1.54) is 0 Å². The van der Waals surface area contributed by atoms with Gasteiger partial charge in [-0.3, -0.25) is 10.1 Å². The topological polar surface area (TPSA) is 135 Å². The molecule has 0 spiro atoms.